The van der Waals surface area contributed by atoms with Gasteiger partial charge in [-0.1, -0.05) is 0 Å². The number of nitrogens with zero attached hydrogens (tertiary/aromatic N) is 2. The van der Waals surface area contributed by atoms with Crippen molar-refractivity contribution in [3.05, 3.63) is 42.0 Å². The van der Waals surface area contributed by atoms with Gasteiger partial charge in [0.15, 0.2) is 5.96 Å². The maximum atomic E-state index is 13.0. The van der Waals surface area contributed by atoms with Crippen LogP contribution >= 0.6 is 35.7 Å². The lowest BCUT2D eigenvalue weighted by molar-refractivity contribution is 0.571. The summed E-state index contributed by atoms with van der Waals surface area (Å²) in [6, 6.07) is 6.11. The predicted molar refractivity (Wildman–Crippen MR) is 118 cm³/mol. The molecule has 0 aliphatic carbocycles. The molecule has 8 heteroatoms. The highest BCUT2D eigenvalue weighted by Crippen LogP contribution is 2.18. The third-order valence-electron chi connectivity index (χ3n) is 3.61. The van der Waals surface area contributed by atoms with Gasteiger partial charge in [-0.3, -0.25) is 4.99 Å². The molecule has 2 aromatic rings. The fourth-order valence-corrected chi connectivity index (χ4v) is 2.75. The highest BCUT2D eigenvalue weighted by atomic mass is 127. The Kier molecular flexibility index (Phi) is 11.3. The molecule has 144 valence electrons. The average Bonchev–Trinajstić information content (AvgIpc) is 3.09. The molecule has 2 rings (SSSR count). The fourth-order valence-electron chi connectivity index (χ4n) is 2.25. The molecule has 0 fully saturated rings. The summed E-state index contributed by atoms with van der Waals surface area (Å²) in [6.45, 7) is 1.62. The average molecular weight is 492 g/mol. The number of oxazole rings is 1. The third kappa shape index (κ3) is 7.94. The van der Waals surface area contributed by atoms with Crippen molar-refractivity contribution in [2.75, 3.05) is 32.1 Å². The van der Waals surface area contributed by atoms with Gasteiger partial charge in [0.1, 0.15) is 12.1 Å². The molecule has 0 radical (unpaired) electrons. The first kappa shape index (κ1) is 22.8. The van der Waals surface area contributed by atoms with E-state index in [2.05, 4.69) is 26.9 Å². The molecule has 0 unspecified atom stereocenters. The molecule has 1 aromatic heterocycles. The molecule has 5 nitrogen and oxygen atoms in total. The minimum absolute atomic E-state index is 0. The second-order valence-corrected chi connectivity index (χ2v) is 6.51. The van der Waals surface area contributed by atoms with Crippen molar-refractivity contribution < 1.29 is 8.81 Å². The number of unbranched alkanes of at least 4 members (excludes halogenated alkanes) is 1. The number of aromatic nitrogens is 1. The lowest BCUT2D eigenvalue weighted by Gasteiger charge is -2.10. The van der Waals surface area contributed by atoms with Crippen LogP contribution in [0.2, 0.25) is 0 Å². The van der Waals surface area contributed by atoms with Crippen molar-refractivity contribution in [1.29, 1.82) is 0 Å². The van der Waals surface area contributed by atoms with E-state index in [1.165, 1.54) is 24.3 Å². The number of rotatable bonds is 9. The fraction of sp³-hybridized carbons (Fsp3) is 0.444. The number of aliphatic imine (C=N–C) groups is 1. The smallest absolute Gasteiger partial charge is 0.226 e. The Hall–Kier alpha value is -1.29. The van der Waals surface area contributed by atoms with Gasteiger partial charge in [-0.15, -0.1) is 24.0 Å². The summed E-state index contributed by atoms with van der Waals surface area (Å²) in [7, 11) is 1.76. The number of thioether (sulfide) groups is 1. The Balaban J connectivity index is 0.00000338. The molecule has 1 aromatic carbocycles. The van der Waals surface area contributed by atoms with Gasteiger partial charge in [0.2, 0.25) is 5.89 Å². The van der Waals surface area contributed by atoms with E-state index in [1.54, 1.807) is 25.4 Å². The Morgan fingerprint density at radius 1 is 1.19 bits per heavy atom. The molecule has 0 aliphatic heterocycles. The lowest BCUT2D eigenvalue weighted by Crippen LogP contribution is -2.38. The molecule has 0 saturated heterocycles. The van der Waals surface area contributed by atoms with Crippen LogP contribution in [0.1, 0.15) is 18.5 Å². The zero-order chi connectivity index (χ0) is 17.9. The first-order valence-corrected chi connectivity index (χ1v) is 9.76. The van der Waals surface area contributed by atoms with Crippen LogP contribution in [0, 0.1) is 5.82 Å². The van der Waals surface area contributed by atoms with Gasteiger partial charge >= 0.3 is 0 Å². The summed E-state index contributed by atoms with van der Waals surface area (Å²) in [5.74, 6) is 2.22. The minimum atomic E-state index is -0.271. The summed E-state index contributed by atoms with van der Waals surface area (Å²) in [5, 5.41) is 6.57. The second-order valence-electron chi connectivity index (χ2n) is 5.53. The Bertz CT molecular complexity index is 663. The SMILES string of the molecule is CN=C(NCCCCSC)NCCc1coc(-c2ccc(F)cc2)n1.I. The molecule has 0 saturated carbocycles. The summed E-state index contributed by atoms with van der Waals surface area (Å²) in [5.41, 5.74) is 1.62. The van der Waals surface area contributed by atoms with E-state index in [9.17, 15) is 4.39 Å². The van der Waals surface area contributed by atoms with Crippen LogP contribution in [-0.4, -0.2) is 43.1 Å². The standard InChI is InChI=1S/C18H25FN4OS.HI/c1-20-18(21-10-3-4-12-25-2)22-11-9-16-13-24-17(23-16)14-5-7-15(19)8-6-14;/h5-8,13H,3-4,9-12H2,1-2H3,(H2,20,21,22);1H. The van der Waals surface area contributed by atoms with Crippen LogP contribution in [0.25, 0.3) is 11.5 Å². The van der Waals surface area contributed by atoms with E-state index in [1.807, 2.05) is 11.8 Å². The molecule has 0 spiro atoms. The van der Waals surface area contributed by atoms with E-state index < -0.39 is 0 Å². The zero-order valence-electron chi connectivity index (χ0n) is 15.1. The molecular weight excluding hydrogens is 466 g/mol. The summed E-state index contributed by atoms with van der Waals surface area (Å²) in [4.78, 5) is 8.64. The highest BCUT2D eigenvalue weighted by molar-refractivity contribution is 14.0. The van der Waals surface area contributed by atoms with Crippen molar-refractivity contribution >= 4 is 41.7 Å². The largest absolute Gasteiger partial charge is 0.444 e. The number of halogens is 2. The Morgan fingerprint density at radius 3 is 2.62 bits per heavy atom. The summed E-state index contributed by atoms with van der Waals surface area (Å²) < 4.78 is 18.4. The van der Waals surface area contributed by atoms with Gasteiger partial charge in [-0.05, 0) is 49.1 Å². The molecule has 26 heavy (non-hydrogen) atoms. The van der Waals surface area contributed by atoms with E-state index in [-0.39, 0.29) is 29.8 Å². The third-order valence-corrected chi connectivity index (χ3v) is 4.30. The highest BCUT2D eigenvalue weighted by Gasteiger charge is 2.07. The van der Waals surface area contributed by atoms with Crippen LogP contribution in [0.5, 0.6) is 0 Å². The van der Waals surface area contributed by atoms with Crippen molar-refractivity contribution in [2.45, 2.75) is 19.3 Å². The number of nitrogens with one attached hydrogen (secondary N) is 2. The number of hydrogen-bond acceptors (Lipinski definition) is 4. The van der Waals surface area contributed by atoms with Gasteiger partial charge < -0.3 is 15.1 Å². The van der Waals surface area contributed by atoms with Crippen LogP contribution < -0.4 is 10.6 Å². The lowest BCUT2D eigenvalue weighted by atomic mass is 10.2. The maximum absolute atomic E-state index is 13.0. The van der Waals surface area contributed by atoms with Gasteiger partial charge in [0, 0.05) is 32.1 Å². The Morgan fingerprint density at radius 2 is 1.92 bits per heavy atom. The van der Waals surface area contributed by atoms with E-state index in [0.717, 1.165) is 36.6 Å². The summed E-state index contributed by atoms with van der Waals surface area (Å²) >= 11 is 1.87. The van der Waals surface area contributed by atoms with E-state index in [0.29, 0.717) is 12.4 Å². The normalized spacial score (nSPS) is 11.1. The van der Waals surface area contributed by atoms with Crippen LogP contribution in [0.4, 0.5) is 4.39 Å². The van der Waals surface area contributed by atoms with Crippen molar-refractivity contribution in [3.8, 4) is 11.5 Å². The van der Waals surface area contributed by atoms with E-state index >= 15 is 0 Å². The molecule has 0 amide bonds. The number of hydrogen-bond donors (Lipinski definition) is 2. The number of benzene rings is 1. The number of guanidine groups is 1. The Labute approximate surface area is 175 Å². The van der Waals surface area contributed by atoms with Gasteiger partial charge in [-0.25, -0.2) is 9.37 Å². The van der Waals surface area contributed by atoms with Crippen molar-refractivity contribution in [1.82, 2.24) is 15.6 Å². The van der Waals surface area contributed by atoms with Crippen LogP contribution in [0.3, 0.4) is 0 Å². The molecule has 0 aliphatic rings. The quantitative estimate of drug-likeness (QED) is 0.240. The molecule has 0 bridgehead atoms. The zero-order valence-corrected chi connectivity index (χ0v) is 18.3. The van der Waals surface area contributed by atoms with Crippen LogP contribution in [0.15, 0.2) is 39.9 Å². The minimum Gasteiger partial charge on any atom is -0.444 e. The van der Waals surface area contributed by atoms with Gasteiger partial charge in [-0.2, -0.15) is 11.8 Å². The summed E-state index contributed by atoms with van der Waals surface area (Å²) in [6.07, 6.45) is 6.82. The molecular formula is C18H26FIN4OS. The molecule has 1 heterocycles. The predicted octanol–water partition coefficient (Wildman–Crippen LogP) is 3.95. The first-order chi connectivity index (χ1) is 12.2. The molecule has 2 N–H and O–H groups in total. The second kappa shape index (κ2) is 13.0. The monoisotopic (exact) mass is 492 g/mol. The van der Waals surface area contributed by atoms with Crippen molar-refractivity contribution in [2.24, 2.45) is 4.99 Å². The van der Waals surface area contributed by atoms with Crippen molar-refractivity contribution in [3.63, 3.8) is 0 Å². The maximum Gasteiger partial charge on any atom is 0.226 e. The first-order valence-electron chi connectivity index (χ1n) is 8.36. The van der Waals surface area contributed by atoms with E-state index in [4.69, 9.17) is 4.42 Å². The topological polar surface area (TPSA) is 62.5 Å². The molecule has 0 atom stereocenters. The van der Waals surface area contributed by atoms with Crippen LogP contribution in [-0.2, 0) is 6.42 Å². The van der Waals surface area contributed by atoms with Gasteiger partial charge in [0.25, 0.3) is 0 Å². The van der Waals surface area contributed by atoms with Gasteiger partial charge in [0.05, 0.1) is 5.69 Å².